The first-order valence-corrected chi connectivity index (χ1v) is 6.71. The highest BCUT2D eigenvalue weighted by atomic mass is 15.0. The van der Waals surface area contributed by atoms with Gasteiger partial charge in [0.2, 0.25) is 0 Å². The minimum atomic E-state index is 0.561. The van der Waals surface area contributed by atoms with Crippen LogP contribution >= 0.6 is 0 Å². The van der Waals surface area contributed by atoms with Crippen molar-refractivity contribution in [3.8, 4) is 11.3 Å². The second kappa shape index (κ2) is 5.72. The molecule has 0 spiro atoms. The third-order valence-corrected chi connectivity index (χ3v) is 3.46. The Kier molecular flexibility index (Phi) is 3.61. The van der Waals surface area contributed by atoms with Gasteiger partial charge in [0.1, 0.15) is 0 Å². The van der Waals surface area contributed by atoms with Gasteiger partial charge in [-0.1, -0.05) is 54.6 Å². The lowest BCUT2D eigenvalue weighted by atomic mass is 10.1. The van der Waals surface area contributed by atoms with Gasteiger partial charge >= 0.3 is 0 Å². The normalized spacial score (nSPS) is 10.7. The van der Waals surface area contributed by atoms with Gasteiger partial charge in [-0.15, -0.1) is 0 Å². The average Bonchev–Trinajstić information content (AvgIpc) is 2.97. The number of aromatic nitrogens is 2. The highest BCUT2D eigenvalue weighted by Gasteiger charge is 2.07. The summed E-state index contributed by atoms with van der Waals surface area (Å²) in [4.78, 5) is 4.28. The minimum absolute atomic E-state index is 0.561. The van der Waals surface area contributed by atoms with Gasteiger partial charge in [0.05, 0.1) is 18.2 Å². The summed E-state index contributed by atoms with van der Waals surface area (Å²) in [5, 5.41) is 0. The van der Waals surface area contributed by atoms with Crippen molar-refractivity contribution in [3.05, 3.63) is 78.2 Å². The number of hydrogen-bond donors (Lipinski definition) is 1. The first-order chi connectivity index (χ1) is 9.88. The highest BCUT2D eigenvalue weighted by molar-refractivity contribution is 5.58. The molecule has 3 heteroatoms. The molecule has 1 heterocycles. The van der Waals surface area contributed by atoms with E-state index in [9.17, 15) is 0 Å². The predicted octanol–water partition coefficient (Wildman–Crippen LogP) is 3.06. The zero-order valence-electron chi connectivity index (χ0n) is 11.2. The second-order valence-corrected chi connectivity index (χ2v) is 4.75. The van der Waals surface area contributed by atoms with Gasteiger partial charge < -0.3 is 10.3 Å². The molecule has 0 aliphatic carbocycles. The van der Waals surface area contributed by atoms with Gasteiger partial charge in [-0.2, -0.15) is 0 Å². The number of hydrogen-bond acceptors (Lipinski definition) is 2. The van der Waals surface area contributed by atoms with E-state index in [4.69, 9.17) is 5.73 Å². The van der Waals surface area contributed by atoms with E-state index in [2.05, 4.69) is 33.8 Å². The number of nitrogens with zero attached hydrogens (tertiary/aromatic N) is 2. The lowest BCUT2D eigenvalue weighted by molar-refractivity contribution is 0.791. The van der Waals surface area contributed by atoms with E-state index in [1.807, 2.05) is 42.9 Å². The van der Waals surface area contributed by atoms with Crippen molar-refractivity contribution in [3.63, 3.8) is 0 Å². The molecule has 0 saturated heterocycles. The van der Waals surface area contributed by atoms with Crippen LogP contribution in [0.15, 0.2) is 67.1 Å². The van der Waals surface area contributed by atoms with Gasteiger partial charge in [-0.25, -0.2) is 4.98 Å². The predicted molar refractivity (Wildman–Crippen MR) is 81.1 cm³/mol. The van der Waals surface area contributed by atoms with Crippen molar-refractivity contribution >= 4 is 0 Å². The van der Waals surface area contributed by atoms with E-state index in [-0.39, 0.29) is 0 Å². The fraction of sp³-hybridized carbons (Fsp3) is 0.118. The van der Waals surface area contributed by atoms with Crippen molar-refractivity contribution < 1.29 is 0 Å². The van der Waals surface area contributed by atoms with Gasteiger partial charge in [0, 0.05) is 13.1 Å². The molecule has 100 valence electrons. The van der Waals surface area contributed by atoms with Crippen molar-refractivity contribution in [1.29, 1.82) is 0 Å². The summed E-state index contributed by atoms with van der Waals surface area (Å²) in [6.07, 6.45) is 3.77. The number of imidazole rings is 1. The minimum Gasteiger partial charge on any atom is -0.326 e. The molecule has 3 rings (SSSR count). The Hall–Kier alpha value is -2.39. The Morgan fingerprint density at radius 2 is 1.60 bits per heavy atom. The van der Waals surface area contributed by atoms with Crippen LogP contribution in [0.25, 0.3) is 11.3 Å². The number of rotatable bonds is 4. The van der Waals surface area contributed by atoms with E-state index in [1.165, 1.54) is 16.7 Å². The maximum absolute atomic E-state index is 5.80. The van der Waals surface area contributed by atoms with E-state index in [0.717, 1.165) is 12.2 Å². The topological polar surface area (TPSA) is 43.8 Å². The molecule has 20 heavy (non-hydrogen) atoms. The summed E-state index contributed by atoms with van der Waals surface area (Å²) in [6.45, 7) is 1.35. The summed E-state index contributed by atoms with van der Waals surface area (Å²) in [7, 11) is 0. The quantitative estimate of drug-likeness (QED) is 0.786. The van der Waals surface area contributed by atoms with Crippen LogP contribution in [0.3, 0.4) is 0 Å². The third kappa shape index (κ3) is 2.49. The van der Waals surface area contributed by atoms with Gasteiger partial charge in [-0.05, 0) is 16.7 Å². The molecule has 0 aliphatic rings. The van der Waals surface area contributed by atoms with E-state index in [1.54, 1.807) is 0 Å². The van der Waals surface area contributed by atoms with Gasteiger partial charge in [0.15, 0.2) is 0 Å². The van der Waals surface area contributed by atoms with Gasteiger partial charge in [-0.3, -0.25) is 0 Å². The van der Waals surface area contributed by atoms with Crippen LogP contribution < -0.4 is 5.73 Å². The van der Waals surface area contributed by atoms with E-state index < -0.39 is 0 Å². The summed E-state index contributed by atoms with van der Waals surface area (Å²) < 4.78 is 2.16. The largest absolute Gasteiger partial charge is 0.326 e. The van der Waals surface area contributed by atoms with E-state index >= 15 is 0 Å². The molecule has 0 amide bonds. The molecule has 3 aromatic rings. The molecule has 2 N–H and O–H groups in total. The van der Waals surface area contributed by atoms with Crippen molar-refractivity contribution in [2.75, 3.05) is 0 Å². The van der Waals surface area contributed by atoms with Crippen LogP contribution in [0.5, 0.6) is 0 Å². The second-order valence-electron chi connectivity index (χ2n) is 4.75. The maximum Gasteiger partial charge on any atom is 0.0954 e. The van der Waals surface area contributed by atoms with Crippen molar-refractivity contribution in [1.82, 2.24) is 9.55 Å². The van der Waals surface area contributed by atoms with Crippen LogP contribution in [0.4, 0.5) is 0 Å². The Morgan fingerprint density at radius 1 is 0.900 bits per heavy atom. The first kappa shape index (κ1) is 12.6. The Bertz CT molecular complexity index is 686. The maximum atomic E-state index is 5.80. The molecule has 0 unspecified atom stereocenters. The first-order valence-electron chi connectivity index (χ1n) is 6.71. The molecule has 0 bridgehead atoms. The zero-order chi connectivity index (χ0) is 13.8. The molecule has 2 aromatic carbocycles. The highest BCUT2D eigenvalue weighted by Crippen LogP contribution is 2.20. The van der Waals surface area contributed by atoms with Crippen molar-refractivity contribution in [2.45, 2.75) is 13.1 Å². The monoisotopic (exact) mass is 263 g/mol. The van der Waals surface area contributed by atoms with Crippen LogP contribution in [-0.2, 0) is 13.1 Å². The van der Waals surface area contributed by atoms with Crippen molar-refractivity contribution in [2.24, 2.45) is 5.73 Å². The lowest BCUT2D eigenvalue weighted by Gasteiger charge is -2.11. The summed E-state index contributed by atoms with van der Waals surface area (Å²) in [5.41, 5.74) is 10.5. The Labute approximate surface area is 118 Å². The number of nitrogens with two attached hydrogens (primary N) is 1. The van der Waals surface area contributed by atoms with Crippen LogP contribution in [0.2, 0.25) is 0 Å². The summed E-state index contributed by atoms with van der Waals surface area (Å²) in [6, 6.07) is 18.6. The number of benzene rings is 2. The summed E-state index contributed by atoms with van der Waals surface area (Å²) in [5.74, 6) is 0. The van der Waals surface area contributed by atoms with Crippen LogP contribution in [0, 0.1) is 0 Å². The molecular weight excluding hydrogens is 246 g/mol. The Morgan fingerprint density at radius 3 is 2.35 bits per heavy atom. The van der Waals surface area contributed by atoms with E-state index in [0.29, 0.717) is 6.54 Å². The van der Waals surface area contributed by atoms with Crippen LogP contribution in [-0.4, -0.2) is 9.55 Å². The lowest BCUT2D eigenvalue weighted by Crippen LogP contribution is -2.06. The molecule has 0 radical (unpaired) electrons. The molecule has 0 aliphatic heterocycles. The molecule has 1 aromatic heterocycles. The summed E-state index contributed by atoms with van der Waals surface area (Å²) >= 11 is 0. The molecule has 3 nitrogen and oxygen atoms in total. The smallest absolute Gasteiger partial charge is 0.0954 e. The standard InChI is InChI=1S/C17H17N3/c18-10-15-8-4-5-9-16(15)12-20-13-19-11-17(20)14-6-2-1-3-7-14/h1-9,11,13H,10,12,18H2. The average molecular weight is 263 g/mol. The molecule has 0 atom stereocenters. The fourth-order valence-corrected chi connectivity index (χ4v) is 2.39. The van der Waals surface area contributed by atoms with Gasteiger partial charge in [0.25, 0.3) is 0 Å². The Balaban J connectivity index is 1.95. The SMILES string of the molecule is NCc1ccccc1Cn1cncc1-c1ccccc1. The van der Waals surface area contributed by atoms with Crippen LogP contribution in [0.1, 0.15) is 11.1 Å². The molecule has 0 fully saturated rings. The zero-order valence-corrected chi connectivity index (χ0v) is 11.2. The fourth-order valence-electron chi connectivity index (χ4n) is 2.39. The molecule has 0 saturated carbocycles. The molecular formula is C17H17N3. The third-order valence-electron chi connectivity index (χ3n) is 3.46.